The zero-order chi connectivity index (χ0) is 11.7. The van der Waals surface area contributed by atoms with Gasteiger partial charge in [0.05, 0.1) is 12.7 Å². The Hall–Kier alpha value is -2.36. The fourth-order valence-corrected chi connectivity index (χ4v) is 1.78. The molecule has 0 unspecified atom stereocenters. The van der Waals surface area contributed by atoms with Crippen LogP contribution in [0.3, 0.4) is 0 Å². The monoisotopic (exact) mass is 225 g/mol. The predicted molar refractivity (Wildman–Crippen MR) is 65.0 cm³/mol. The SMILES string of the molecule is COc1ccccc1-c1nc2ccccn2n1. The van der Waals surface area contributed by atoms with Crippen LogP contribution in [0.25, 0.3) is 17.0 Å². The normalized spacial score (nSPS) is 10.6. The molecular weight excluding hydrogens is 214 g/mol. The number of nitrogens with zero attached hydrogens (tertiary/aromatic N) is 3. The van der Waals surface area contributed by atoms with Gasteiger partial charge in [-0.2, -0.15) is 0 Å². The first-order chi connectivity index (χ1) is 8.38. The maximum Gasteiger partial charge on any atom is 0.185 e. The number of pyridine rings is 1. The van der Waals surface area contributed by atoms with E-state index in [2.05, 4.69) is 10.1 Å². The molecule has 0 atom stereocenters. The topological polar surface area (TPSA) is 39.4 Å². The minimum atomic E-state index is 0.675. The van der Waals surface area contributed by atoms with Crippen LogP contribution < -0.4 is 4.74 Å². The standard InChI is InChI=1S/C13H11N3O/c1-17-11-7-3-2-6-10(11)13-14-12-8-4-5-9-16(12)15-13/h2-9H,1H3. The van der Waals surface area contributed by atoms with Crippen LogP contribution in [0, 0.1) is 0 Å². The van der Waals surface area contributed by atoms with Crippen molar-refractivity contribution in [1.82, 2.24) is 14.6 Å². The van der Waals surface area contributed by atoms with E-state index < -0.39 is 0 Å². The lowest BCUT2D eigenvalue weighted by Gasteiger charge is -2.03. The molecule has 0 saturated carbocycles. The lowest BCUT2D eigenvalue weighted by atomic mass is 10.2. The second-order valence-electron chi connectivity index (χ2n) is 3.64. The average molecular weight is 225 g/mol. The van der Waals surface area contributed by atoms with Crippen LogP contribution in [0.5, 0.6) is 5.75 Å². The largest absolute Gasteiger partial charge is 0.496 e. The van der Waals surface area contributed by atoms with Gasteiger partial charge < -0.3 is 4.74 Å². The number of benzene rings is 1. The summed E-state index contributed by atoms with van der Waals surface area (Å²) in [5.74, 6) is 1.46. The van der Waals surface area contributed by atoms with Gasteiger partial charge >= 0.3 is 0 Å². The second kappa shape index (κ2) is 3.90. The molecule has 3 aromatic rings. The Balaban J connectivity index is 2.20. The van der Waals surface area contributed by atoms with Gasteiger partial charge in [-0.05, 0) is 24.3 Å². The zero-order valence-corrected chi connectivity index (χ0v) is 9.37. The van der Waals surface area contributed by atoms with Gasteiger partial charge in [0.1, 0.15) is 5.75 Å². The number of fused-ring (bicyclic) bond motifs is 1. The van der Waals surface area contributed by atoms with E-state index in [0.29, 0.717) is 5.82 Å². The number of ether oxygens (including phenoxy) is 1. The first-order valence-electron chi connectivity index (χ1n) is 5.33. The fraction of sp³-hybridized carbons (Fsp3) is 0.0769. The Morgan fingerprint density at radius 1 is 1.06 bits per heavy atom. The number of para-hydroxylation sites is 1. The van der Waals surface area contributed by atoms with Crippen molar-refractivity contribution in [2.75, 3.05) is 7.11 Å². The molecule has 0 fully saturated rings. The summed E-state index contributed by atoms with van der Waals surface area (Å²) in [7, 11) is 1.65. The predicted octanol–water partition coefficient (Wildman–Crippen LogP) is 2.40. The van der Waals surface area contributed by atoms with Crippen molar-refractivity contribution >= 4 is 5.65 Å². The van der Waals surface area contributed by atoms with Crippen molar-refractivity contribution in [2.24, 2.45) is 0 Å². The van der Waals surface area contributed by atoms with Crippen LogP contribution in [0.15, 0.2) is 48.7 Å². The fourth-order valence-electron chi connectivity index (χ4n) is 1.78. The quantitative estimate of drug-likeness (QED) is 0.672. The summed E-state index contributed by atoms with van der Waals surface area (Å²) in [6, 6.07) is 13.5. The molecule has 0 aliphatic heterocycles. The second-order valence-corrected chi connectivity index (χ2v) is 3.64. The Morgan fingerprint density at radius 3 is 2.71 bits per heavy atom. The van der Waals surface area contributed by atoms with Crippen molar-refractivity contribution in [3.05, 3.63) is 48.7 Å². The van der Waals surface area contributed by atoms with Gasteiger partial charge in [-0.1, -0.05) is 18.2 Å². The number of aromatic nitrogens is 3. The Labute approximate surface area is 98.5 Å². The molecule has 0 amide bonds. The van der Waals surface area contributed by atoms with E-state index in [-0.39, 0.29) is 0 Å². The zero-order valence-electron chi connectivity index (χ0n) is 9.37. The summed E-state index contributed by atoms with van der Waals surface area (Å²) >= 11 is 0. The smallest absolute Gasteiger partial charge is 0.185 e. The number of methoxy groups -OCH3 is 1. The van der Waals surface area contributed by atoms with Gasteiger partial charge in [0.25, 0.3) is 0 Å². The Morgan fingerprint density at radius 2 is 1.88 bits per heavy atom. The third-order valence-electron chi connectivity index (χ3n) is 2.59. The molecule has 2 heterocycles. The molecule has 84 valence electrons. The van der Waals surface area contributed by atoms with Gasteiger partial charge in [0, 0.05) is 6.20 Å². The summed E-state index contributed by atoms with van der Waals surface area (Å²) in [5.41, 5.74) is 1.73. The molecule has 0 spiro atoms. The van der Waals surface area contributed by atoms with E-state index in [1.165, 1.54) is 0 Å². The van der Waals surface area contributed by atoms with Crippen LogP contribution in [0.2, 0.25) is 0 Å². The molecular formula is C13H11N3O. The highest BCUT2D eigenvalue weighted by molar-refractivity contribution is 5.65. The van der Waals surface area contributed by atoms with E-state index in [0.717, 1.165) is 17.0 Å². The first-order valence-corrected chi connectivity index (χ1v) is 5.33. The Bertz CT molecular complexity index is 627. The van der Waals surface area contributed by atoms with Crippen LogP contribution >= 0.6 is 0 Å². The van der Waals surface area contributed by atoms with Gasteiger partial charge in [-0.15, -0.1) is 5.10 Å². The molecule has 0 bridgehead atoms. The molecule has 0 radical (unpaired) electrons. The average Bonchev–Trinajstić information content (AvgIpc) is 2.82. The summed E-state index contributed by atoms with van der Waals surface area (Å²) in [6.45, 7) is 0. The molecule has 4 heteroatoms. The summed E-state index contributed by atoms with van der Waals surface area (Å²) in [4.78, 5) is 4.46. The van der Waals surface area contributed by atoms with Gasteiger partial charge in [-0.25, -0.2) is 9.50 Å². The van der Waals surface area contributed by atoms with E-state index in [9.17, 15) is 0 Å². The lowest BCUT2D eigenvalue weighted by Crippen LogP contribution is -1.89. The molecule has 4 nitrogen and oxygen atoms in total. The number of hydrogen-bond donors (Lipinski definition) is 0. The molecule has 3 rings (SSSR count). The van der Waals surface area contributed by atoms with E-state index >= 15 is 0 Å². The first kappa shape index (κ1) is 9.84. The molecule has 1 aromatic carbocycles. The van der Waals surface area contributed by atoms with Crippen LogP contribution in [0.1, 0.15) is 0 Å². The van der Waals surface area contributed by atoms with E-state index in [1.54, 1.807) is 11.6 Å². The highest BCUT2D eigenvalue weighted by Crippen LogP contribution is 2.26. The summed E-state index contributed by atoms with van der Waals surface area (Å²) < 4.78 is 7.06. The van der Waals surface area contributed by atoms with E-state index in [4.69, 9.17) is 4.74 Å². The molecule has 0 saturated heterocycles. The van der Waals surface area contributed by atoms with Crippen molar-refractivity contribution in [3.8, 4) is 17.1 Å². The van der Waals surface area contributed by atoms with E-state index in [1.807, 2.05) is 48.7 Å². The number of rotatable bonds is 2. The van der Waals surface area contributed by atoms with Gasteiger partial charge in [0.2, 0.25) is 0 Å². The van der Waals surface area contributed by atoms with Crippen molar-refractivity contribution in [1.29, 1.82) is 0 Å². The van der Waals surface area contributed by atoms with Crippen molar-refractivity contribution in [2.45, 2.75) is 0 Å². The Kier molecular flexibility index (Phi) is 2.26. The molecule has 0 aliphatic rings. The lowest BCUT2D eigenvalue weighted by molar-refractivity contribution is 0.416. The summed E-state index contributed by atoms with van der Waals surface area (Å²) in [6.07, 6.45) is 1.88. The van der Waals surface area contributed by atoms with Gasteiger partial charge in [0.15, 0.2) is 11.5 Å². The third-order valence-corrected chi connectivity index (χ3v) is 2.59. The highest BCUT2D eigenvalue weighted by atomic mass is 16.5. The summed E-state index contributed by atoms with van der Waals surface area (Å²) in [5, 5.41) is 4.42. The maximum atomic E-state index is 5.31. The van der Waals surface area contributed by atoms with Crippen molar-refractivity contribution in [3.63, 3.8) is 0 Å². The van der Waals surface area contributed by atoms with Crippen LogP contribution in [0.4, 0.5) is 0 Å². The van der Waals surface area contributed by atoms with Crippen LogP contribution in [-0.4, -0.2) is 21.7 Å². The third kappa shape index (κ3) is 1.63. The maximum absolute atomic E-state index is 5.31. The molecule has 17 heavy (non-hydrogen) atoms. The minimum Gasteiger partial charge on any atom is -0.496 e. The van der Waals surface area contributed by atoms with Crippen molar-refractivity contribution < 1.29 is 4.74 Å². The van der Waals surface area contributed by atoms with Gasteiger partial charge in [-0.3, -0.25) is 0 Å². The minimum absolute atomic E-state index is 0.675. The molecule has 2 aromatic heterocycles. The highest BCUT2D eigenvalue weighted by Gasteiger charge is 2.10. The number of hydrogen-bond acceptors (Lipinski definition) is 3. The van der Waals surface area contributed by atoms with Crippen LogP contribution in [-0.2, 0) is 0 Å². The molecule has 0 aliphatic carbocycles. The molecule has 0 N–H and O–H groups in total.